The molecule has 0 saturated heterocycles. The molecular formula is C16H21N5O2. The molecule has 1 heterocycles. The maximum Gasteiger partial charge on any atom is 0.230 e. The second-order valence-corrected chi connectivity index (χ2v) is 5.00. The minimum absolute atomic E-state index is 0.165. The second-order valence-electron chi connectivity index (χ2n) is 5.00. The van der Waals surface area contributed by atoms with Crippen LogP contribution in [0.4, 0.5) is 11.9 Å². The molecule has 2 aromatic rings. The minimum atomic E-state index is 0.165. The average molecular weight is 315 g/mol. The van der Waals surface area contributed by atoms with Crippen LogP contribution in [-0.4, -0.2) is 36.2 Å². The number of nitrogen functional groups attached to an aromatic ring is 1. The molecule has 0 atom stereocenters. The first-order valence-corrected chi connectivity index (χ1v) is 7.14. The number of ether oxygens (including phenoxy) is 2. The van der Waals surface area contributed by atoms with Crippen molar-refractivity contribution in [3.05, 3.63) is 35.7 Å². The van der Waals surface area contributed by atoms with Gasteiger partial charge >= 0.3 is 0 Å². The van der Waals surface area contributed by atoms with Crippen molar-refractivity contribution >= 4 is 18.0 Å². The largest absolute Gasteiger partial charge is 0.493 e. The van der Waals surface area contributed by atoms with Gasteiger partial charge in [0, 0.05) is 14.1 Å². The molecule has 0 saturated carbocycles. The number of methoxy groups -OCH3 is 1. The fraction of sp³-hybridized carbons (Fsp3) is 0.312. The van der Waals surface area contributed by atoms with Gasteiger partial charge in [0.1, 0.15) is 6.61 Å². The van der Waals surface area contributed by atoms with Gasteiger partial charge in [-0.25, -0.2) is 0 Å². The van der Waals surface area contributed by atoms with Gasteiger partial charge in [0.25, 0.3) is 0 Å². The average Bonchev–Trinajstić information content (AvgIpc) is 2.53. The van der Waals surface area contributed by atoms with Crippen molar-refractivity contribution in [1.82, 2.24) is 15.0 Å². The molecule has 7 heteroatoms. The molecule has 0 aliphatic carbocycles. The Morgan fingerprint density at radius 1 is 1.17 bits per heavy atom. The summed E-state index contributed by atoms with van der Waals surface area (Å²) >= 11 is 0. The predicted octanol–water partition coefficient (Wildman–Crippen LogP) is 2.14. The Balaban J connectivity index is 2.17. The van der Waals surface area contributed by atoms with Crippen molar-refractivity contribution in [2.45, 2.75) is 13.5 Å². The number of nitrogens with two attached hydrogens (primary N) is 1. The third-order valence-corrected chi connectivity index (χ3v) is 2.99. The molecule has 1 aromatic carbocycles. The van der Waals surface area contributed by atoms with Gasteiger partial charge < -0.3 is 20.1 Å². The van der Waals surface area contributed by atoms with Crippen LogP contribution in [-0.2, 0) is 6.61 Å². The van der Waals surface area contributed by atoms with E-state index in [4.69, 9.17) is 15.2 Å². The van der Waals surface area contributed by atoms with E-state index in [0.717, 1.165) is 5.56 Å². The van der Waals surface area contributed by atoms with Crippen LogP contribution in [0.25, 0.3) is 6.08 Å². The molecular weight excluding hydrogens is 294 g/mol. The zero-order valence-corrected chi connectivity index (χ0v) is 13.8. The van der Waals surface area contributed by atoms with Crippen molar-refractivity contribution in [3.8, 4) is 11.5 Å². The number of hydrogen-bond acceptors (Lipinski definition) is 7. The molecule has 0 aliphatic rings. The summed E-state index contributed by atoms with van der Waals surface area (Å²) in [7, 11) is 5.28. The first-order chi connectivity index (χ1) is 11.0. The van der Waals surface area contributed by atoms with Crippen molar-refractivity contribution < 1.29 is 9.47 Å². The summed E-state index contributed by atoms with van der Waals surface area (Å²) in [6.07, 6.45) is 3.95. The maximum absolute atomic E-state index is 5.76. The van der Waals surface area contributed by atoms with E-state index in [0.29, 0.717) is 23.3 Å². The fourth-order valence-corrected chi connectivity index (χ4v) is 1.93. The first-order valence-electron chi connectivity index (χ1n) is 7.14. The molecule has 2 rings (SSSR count). The van der Waals surface area contributed by atoms with Gasteiger partial charge in [-0.05, 0) is 24.6 Å². The van der Waals surface area contributed by atoms with Crippen molar-refractivity contribution in [2.75, 3.05) is 31.8 Å². The van der Waals surface area contributed by atoms with E-state index < -0.39 is 0 Å². The number of aromatic nitrogens is 3. The fourth-order valence-electron chi connectivity index (χ4n) is 1.93. The lowest BCUT2D eigenvalue weighted by molar-refractivity contribution is 0.276. The summed E-state index contributed by atoms with van der Waals surface area (Å²) in [5.41, 5.74) is 6.74. The Morgan fingerprint density at radius 2 is 1.96 bits per heavy atom. The summed E-state index contributed by atoms with van der Waals surface area (Å²) in [5.74, 6) is 2.38. The van der Waals surface area contributed by atoms with Crippen LogP contribution in [0, 0.1) is 0 Å². The van der Waals surface area contributed by atoms with E-state index in [1.165, 1.54) is 0 Å². The molecule has 7 nitrogen and oxygen atoms in total. The van der Waals surface area contributed by atoms with Crippen molar-refractivity contribution in [3.63, 3.8) is 0 Å². The number of benzene rings is 1. The Labute approximate surface area is 135 Å². The zero-order chi connectivity index (χ0) is 16.8. The first kappa shape index (κ1) is 16.5. The highest BCUT2D eigenvalue weighted by Crippen LogP contribution is 2.29. The Bertz CT molecular complexity index is 701. The maximum atomic E-state index is 5.76. The van der Waals surface area contributed by atoms with Crippen LogP contribution < -0.4 is 20.1 Å². The normalized spacial score (nSPS) is 10.8. The van der Waals surface area contributed by atoms with E-state index in [1.807, 2.05) is 51.4 Å². The molecule has 0 bridgehead atoms. The topological polar surface area (TPSA) is 86.4 Å². The summed E-state index contributed by atoms with van der Waals surface area (Å²) < 4.78 is 11.1. The van der Waals surface area contributed by atoms with Gasteiger partial charge in [-0.15, -0.1) is 0 Å². The third-order valence-electron chi connectivity index (χ3n) is 2.99. The lowest BCUT2D eigenvalue weighted by Crippen LogP contribution is -2.17. The van der Waals surface area contributed by atoms with Crippen LogP contribution >= 0.6 is 0 Å². The standard InChI is InChI=1S/C16H21N5O2/c1-5-6-11-7-8-12(13(9-11)22-4)23-10-14-18-15(17)20-16(19-14)21(2)3/h5-9H,10H2,1-4H3,(H2,17,18,19,20)/b6-5+. The number of allylic oxidation sites excluding steroid dienone is 1. The summed E-state index contributed by atoms with van der Waals surface area (Å²) in [5, 5.41) is 0. The highest BCUT2D eigenvalue weighted by molar-refractivity contribution is 5.55. The monoisotopic (exact) mass is 315 g/mol. The Hall–Kier alpha value is -2.83. The Kier molecular flexibility index (Phi) is 5.35. The SMILES string of the molecule is C/C=C/c1ccc(OCc2nc(N)nc(N(C)C)n2)c(OC)c1. The van der Waals surface area contributed by atoms with Gasteiger partial charge in [0.05, 0.1) is 7.11 Å². The number of nitrogens with zero attached hydrogens (tertiary/aromatic N) is 4. The molecule has 23 heavy (non-hydrogen) atoms. The van der Waals surface area contributed by atoms with Gasteiger partial charge in [-0.1, -0.05) is 18.2 Å². The molecule has 122 valence electrons. The minimum Gasteiger partial charge on any atom is -0.493 e. The van der Waals surface area contributed by atoms with Crippen LogP contribution in [0.1, 0.15) is 18.3 Å². The van der Waals surface area contributed by atoms with Crippen molar-refractivity contribution in [1.29, 1.82) is 0 Å². The van der Waals surface area contributed by atoms with Crippen molar-refractivity contribution in [2.24, 2.45) is 0 Å². The van der Waals surface area contributed by atoms with Crippen LogP contribution in [0.3, 0.4) is 0 Å². The van der Waals surface area contributed by atoms with Gasteiger partial charge in [-0.2, -0.15) is 15.0 Å². The summed E-state index contributed by atoms with van der Waals surface area (Å²) in [6, 6.07) is 5.71. The molecule has 1 aromatic heterocycles. The Morgan fingerprint density at radius 3 is 2.61 bits per heavy atom. The quantitative estimate of drug-likeness (QED) is 0.874. The number of rotatable bonds is 6. The van der Waals surface area contributed by atoms with E-state index in [1.54, 1.807) is 12.0 Å². The lowest BCUT2D eigenvalue weighted by atomic mass is 10.2. The predicted molar refractivity (Wildman–Crippen MR) is 90.6 cm³/mol. The van der Waals surface area contributed by atoms with Crippen LogP contribution in [0.5, 0.6) is 11.5 Å². The molecule has 0 unspecified atom stereocenters. The highest BCUT2D eigenvalue weighted by Gasteiger charge is 2.09. The molecule has 0 fully saturated rings. The summed E-state index contributed by atoms with van der Waals surface area (Å²) in [4.78, 5) is 14.2. The van der Waals surface area contributed by atoms with Gasteiger partial charge in [-0.3, -0.25) is 0 Å². The summed E-state index contributed by atoms with van der Waals surface area (Å²) in [6.45, 7) is 2.14. The lowest BCUT2D eigenvalue weighted by Gasteiger charge is -2.13. The highest BCUT2D eigenvalue weighted by atomic mass is 16.5. The molecule has 0 aliphatic heterocycles. The smallest absolute Gasteiger partial charge is 0.230 e. The molecule has 0 amide bonds. The van der Waals surface area contributed by atoms with E-state index >= 15 is 0 Å². The van der Waals surface area contributed by atoms with E-state index in [9.17, 15) is 0 Å². The number of hydrogen-bond donors (Lipinski definition) is 1. The molecule has 0 radical (unpaired) electrons. The van der Waals surface area contributed by atoms with Crippen LogP contribution in [0.15, 0.2) is 24.3 Å². The van der Waals surface area contributed by atoms with Gasteiger partial charge in [0.2, 0.25) is 11.9 Å². The zero-order valence-electron chi connectivity index (χ0n) is 13.8. The van der Waals surface area contributed by atoms with E-state index in [-0.39, 0.29) is 12.6 Å². The van der Waals surface area contributed by atoms with E-state index in [2.05, 4.69) is 15.0 Å². The van der Waals surface area contributed by atoms with Crippen LogP contribution in [0.2, 0.25) is 0 Å². The second kappa shape index (κ2) is 7.44. The third kappa shape index (κ3) is 4.32. The van der Waals surface area contributed by atoms with Gasteiger partial charge in [0.15, 0.2) is 17.3 Å². The number of anilines is 2. The molecule has 2 N–H and O–H groups in total. The molecule has 0 spiro atoms.